The van der Waals surface area contributed by atoms with Gasteiger partial charge >= 0.3 is 5.97 Å². The minimum atomic E-state index is -0.909. The van der Waals surface area contributed by atoms with E-state index in [1.54, 1.807) is 25.7 Å². The lowest BCUT2D eigenvalue weighted by atomic mass is 10.1. The average molecular weight is 350 g/mol. The Morgan fingerprint density at radius 2 is 1.76 bits per heavy atom. The normalized spacial score (nSPS) is 21.8. The summed E-state index contributed by atoms with van der Waals surface area (Å²) in [6, 6.07) is 0. The van der Waals surface area contributed by atoms with Crippen LogP contribution in [0.15, 0.2) is 0 Å². The molecule has 25 heavy (non-hydrogen) atoms. The van der Waals surface area contributed by atoms with Gasteiger partial charge in [-0.1, -0.05) is 0 Å². The van der Waals surface area contributed by atoms with Crippen LogP contribution in [0.5, 0.6) is 0 Å². The Morgan fingerprint density at radius 1 is 1.20 bits per heavy atom. The van der Waals surface area contributed by atoms with Crippen molar-refractivity contribution in [3.05, 3.63) is 22.5 Å². The number of esters is 1. The lowest BCUT2D eigenvalue weighted by Crippen LogP contribution is -2.51. The first kappa shape index (κ1) is 19.2. The zero-order valence-corrected chi connectivity index (χ0v) is 15.6. The number of carbonyl (C=O) groups is 3. The third kappa shape index (κ3) is 4.10. The highest BCUT2D eigenvalue weighted by molar-refractivity contribution is 6.01. The molecule has 0 bridgehead atoms. The summed E-state index contributed by atoms with van der Waals surface area (Å²) in [7, 11) is 0. The number of nitrogens with zero attached hydrogens (tertiary/aromatic N) is 1. The van der Waals surface area contributed by atoms with Crippen LogP contribution in [0.4, 0.5) is 0 Å². The molecule has 0 spiro atoms. The molecule has 2 rings (SSSR count). The minimum absolute atomic E-state index is 0.0537. The van der Waals surface area contributed by atoms with E-state index in [1.807, 2.05) is 13.8 Å². The first-order valence-corrected chi connectivity index (χ1v) is 8.47. The van der Waals surface area contributed by atoms with E-state index in [0.717, 1.165) is 0 Å². The lowest BCUT2D eigenvalue weighted by molar-refractivity contribution is -0.151. The quantitative estimate of drug-likeness (QED) is 0.663. The molecule has 1 aliphatic rings. The zero-order valence-electron chi connectivity index (χ0n) is 15.6. The van der Waals surface area contributed by atoms with Crippen LogP contribution in [-0.4, -0.2) is 58.9 Å². The number of Topliss-reactive ketones (excluding diaryl/α,β-unsaturated/α-hetero) is 1. The van der Waals surface area contributed by atoms with Crippen LogP contribution < -0.4 is 0 Å². The smallest absolute Gasteiger partial charge is 0.355 e. The molecule has 0 aliphatic carbocycles. The maximum absolute atomic E-state index is 12.6. The highest BCUT2D eigenvalue weighted by Gasteiger charge is 2.31. The molecular weight excluding hydrogens is 324 g/mol. The molecule has 7 heteroatoms. The van der Waals surface area contributed by atoms with Crippen LogP contribution in [0.3, 0.4) is 0 Å². The predicted octanol–water partition coefficient (Wildman–Crippen LogP) is 2.02. The van der Waals surface area contributed by atoms with E-state index in [4.69, 9.17) is 9.47 Å². The number of hydrogen-bond donors (Lipinski definition) is 1. The zero-order chi connectivity index (χ0) is 18.9. The molecule has 0 saturated carbocycles. The summed E-state index contributed by atoms with van der Waals surface area (Å²) >= 11 is 0. The largest absolute Gasteiger partial charge is 0.448 e. The molecule has 3 unspecified atom stereocenters. The van der Waals surface area contributed by atoms with Crippen LogP contribution >= 0.6 is 0 Å². The second kappa shape index (κ2) is 7.39. The second-order valence-electron chi connectivity index (χ2n) is 6.73. The van der Waals surface area contributed by atoms with Gasteiger partial charge in [-0.25, -0.2) is 4.79 Å². The molecule has 1 N–H and O–H groups in total. The molecule has 0 radical (unpaired) electrons. The van der Waals surface area contributed by atoms with Gasteiger partial charge in [0.1, 0.15) is 5.69 Å². The fourth-order valence-corrected chi connectivity index (χ4v) is 3.37. The summed E-state index contributed by atoms with van der Waals surface area (Å²) in [6.07, 6.45) is -1.02. The van der Waals surface area contributed by atoms with Crippen LogP contribution in [-0.2, 0) is 14.3 Å². The third-order valence-corrected chi connectivity index (χ3v) is 4.36. The number of H-pyrrole nitrogens is 1. The number of ether oxygens (including phenoxy) is 2. The van der Waals surface area contributed by atoms with Crippen molar-refractivity contribution in [1.82, 2.24) is 9.88 Å². The highest BCUT2D eigenvalue weighted by atomic mass is 16.5. The van der Waals surface area contributed by atoms with Crippen molar-refractivity contribution in [2.45, 2.75) is 59.9 Å². The van der Waals surface area contributed by atoms with Crippen molar-refractivity contribution in [2.75, 3.05) is 13.1 Å². The van der Waals surface area contributed by atoms with Gasteiger partial charge < -0.3 is 19.4 Å². The summed E-state index contributed by atoms with van der Waals surface area (Å²) < 4.78 is 10.9. The molecule has 1 saturated heterocycles. The molecule has 1 amide bonds. The van der Waals surface area contributed by atoms with Gasteiger partial charge in [0.15, 0.2) is 11.9 Å². The molecule has 138 valence electrons. The molecule has 1 aromatic rings. The first-order valence-electron chi connectivity index (χ1n) is 8.47. The summed E-state index contributed by atoms with van der Waals surface area (Å²) in [5.74, 6) is -1.00. The highest BCUT2D eigenvalue weighted by Crippen LogP contribution is 2.20. The summed E-state index contributed by atoms with van der Waals surface area (Å²) in [5, 5.41) is 0. The number of carbonyl (C=O) groups excluding carboxylic acids is 3. The average Bonchev–Trinajstić information content (AvgIpc) is 2.80. The fourth-order valence-electron chi connectivity index (χ4n) is 3.37. The van der Waals surface area contributed by atoms with E-state index < -0.39 is 12.1 Å². The van der Waals surface area contributed by atoms with Gasteiger partial charge in [0.05, 0.1) is 12.2 Å². The molecule has 0 aromatic carbocycles. The Balaban J connectivity index is 2.09. The number of aryl methyl sites for hydroxylation is 1. The molecule has 3 atom stereocenters. The number of hydrogen-bond acceptors (Lipinski definition) is 5. The molecule has 1 aliphatic heterocycles. The molecule has 2 heterocycles. The van der Waals surface area contributed by atoms with Crippen molar-refractivity contribution < 1.29 is 23.9 Å². The minimum Gasteiger partial charge on any atom is -0.448 e. The van der Waals surface area contributed by atoms with Crippen molar-refractivity contribution >= 4 is 17.7 Å². The third-order valence-electron chi connectivity index (χ3n) is 4.36. The van der Waals surface area contributed by atoms with E-state index in [9.17, 15) is 14.4 Å². The topological polar surface area (TPSA) is 88.7 Å². The fraction of sp³-hybridized carbons (Fsp3) is 0.611. The number of rotatable bonds is 4. The van der Waals surface area contributed by atoms with Crippen molar-refractivity contribution in [3.8, 4) is 0 Å². The molecular formula is C18H26N2O5. The van der Waals surface area contributed by atoms with Crippen LogP contribution in [0.2, 0.25) is 0 Å². The van der Waals surface area contributed by atoms with Gasteiger partial charge in [-0.3, -0.25) is 9.59 Å². The SMILES string of the molecule is CC(=O)c1c(C)[nH]c(C(=O)OC(C)C(=O)N2CC(C)OC(C)C2)c1C. The maximum atomic E-state index is 12.6. The molecule has 1 fully saturated rings. The Morgan fingerprint density at radius 3 is 2.24 bits per heavy atom. The summed E-state index contributed by atoms with van der Waals surface area (Å²) in [5.41, 5.74) is 1.86. The van der Waals surface area contributed by atoms with E-state index in [-0.39, 0.29) is 29.6 Å². The Kier molecular flexibility index (Phi) is 5.67. The number of nitrogens with one attached hydrogen (secondary N) is 1. The standard InChI is InChI=1S/C18H26N2O5/c1-9-7-20(8-10(2)24-9)17(22)14(6)25-18(23)16-11(3)15(13(5)21)12(4)19-16/h9-10,14,19H,7-8H2,1-6H3. The van der Waals surface area contributed by atoms with E-state index in [2.05, 4.69) is 4.98 Å². The summed E-state index contributed by atoms with van der Waals surface area (Å²) in [6.45, 7) is 11.2. The number of aromatic amines is 1. The van der Waals surface area contributed by atoms with Crippen LogP contribution in [0.25, 0.3) is 0 Å². The monoisotopic (exact) mass is 350 g/mol. The van der Waals surface area contributed by atoms with Gasteiger partial charge in [-0.15, -0.1) is 0 Å². The van der Waals surface area contributed by atoms with Gasteiger partial charge in [0.25, 0.3) is 5.91 Å². The predicted molar refractivity (Wildman–Crippen MR) is 91.7 cm³/mol. The van der Waals surface area contributed by atoms with Crippen molar-refractivity contribution in [3.63, 3.8) is 0 Å². The molecule has 1 aromatic heterocycles. The first-order chi connectivity index (χ1) is 11.6. The van der Waals surface area contributed by atoms with Crippen LogP contribution in [0, 0.1) is 13.8 Å². The van der Waals surface area contributed by atoms with Gasteiger partial charge in [-0.05, 0) is 47.1 Å². The van der Waals surface area contributed by atoms with Gasteiger partial charge in [0, 0.05) is 24.3 Å². The van der Waals surface area contributed by atoms with E-state index in [0.29, 0.717) is 29.9 Å². The summed E-state index contributed by atoms with van der Waals surface area (Å²) in [4.78, 5) is 41.2. The van der Waals surface area contributed by atoms with E-state index >= 15 is 0 Å². The van der Waals surface area contributed by atoms with Crippen LogP contribution in [0.1, 0.15) is 59.8 Å². The maximum Gasteiger partial charge on any atom is 0.355 e. The number of amides is 1. The second-order valence-corrected chi connectivity index (χ2v) is 6.73. The van der Waals surface area contributed by atoms with E-state index in [1.165, 1.54) is 6.92 Å². The Bertz CT molecular complexity index is 684. The van der Waals surface area contributed by atoms with Crippen molar-refractivity contribution in [2.24, 2.45) is 0 Å². The Labute approximate surface area is 147 Å². The van der Waals surface area contributed by atoms with Gasteiger partial charge in [-0.2, -0.15) is 0 Å². The van der Waals surface area contributed by atoms with Crippen molar-refractivity contribution in [1.29, 1.82) is 0 Å². The number of aromatic nitrogens is 1. The lowest BCUT2D eigenvalue weighted by Gasteiger charge is -2.36. The number of ketones is 1. The Hall–Kier alpha value is -2.15. The molecule has 7 nitrogen and oxygen atoms in total. The van der Waals surface area contributed by atoms with Gasteiger partial charge in [0.2, 0.25) is 0 Å². The number of morpholine rings is 1.